The molecule has 0 atom stereocenters. The molecule has 0 unspecified atom stereocenters. The first-order valence-electron chi connectivity index (χ1n) is 6.87. The molecule has 1 aliphatic carbocycles. The lowest BCUT2D eigenvalue weighted by atomic mass is 10.1. The van der Waals surface area contributed by atoms with Crippen molar-refractivity contribution in [3.63, 3.8) is 0 Å². The first-order valence-corrected chi connectivity index (χ1v) is 6.87. The van der Waals surface area contributed by atoms with Crippen molar-refractivity contribution in [2.45, 2.75) is 38.5 Å². The summed E-state index contributed by atoms with van der Waals surface area (Å²) in [7, 11) is 0. The van der Waals surface area contributed by atoms with E-state index in [1.54, 1.807) is 0 Å². The van der Waals surface area contributed by atoms with Gasteiger partial charge in [0.05, 0.1) is 23.9 Å². The number of hydrogen-bond acceptors (Lipinski definition) is 2. The summed E-state index contributed by atoms with van der Waals surface area (Å²) < 4.78 is 2.06. The summed E-state index contributed by atoms with van der Waals surface area (Å²) in [4.78, 5) is 0. The standard InChI is InChI=1S/C16H17N3/c1-2-12-5-3-4-6-15(12)19-16(13-7-8-13)11-14(18-19)9-10-17/h3-6,11,13H,2,7-9H2,1H3. The normalized spacial score (nSPS) is 14.3. The summed E-state index contributed by atoms with van der Waals surface area (Å²) in [6.45, 7) is 2.16. The van der Waals surface area contributed by atoms with Gasteiger partial charge in [0.1, 0.15) is 0 Å². The first kappa shape index (κ1) is 12.0. The molecule has 3 rings (SSSR count). The van der Waals surface area contributed by atoms with Gasteiger partial charge < -0.3 is 0 Å². The molecule has 0 aliphatic heterocycles. The highest BCUT2D eigenvalue weighted by molar-refractivity contribution is 5.43. The van der Waals surface area contributed by atoms with Crippen molar-refractivity contribution in [1.82, 2.24) is 9.78 Å². The molecule has 1 aliphatic rings. The van der Waals surface area contributed by atoms with Crippen molar-refractivity contribution in [2.24, 2.45) is 0 Å². The predicted molar refractivity (Wildman–Crippen MR) is 74.2 cm³/mol. The number of hydrogen-bond donors (Lipinski definition) is 0. The van der Waals surface area contributed by atoms with E-state index in [1.807, 2.05) is 0 Å². The van der Waals surface area contributed by atoms with Crippen LogP contribution in [0.1, 0.15) is 42.6 Å². The zero-order valence-corrected chi connectivity index (χ0v) is 11.1. The fraction of sp³-hybridized carbons (Fsp3) is 0.375. The average molecular weight is 251 g/mol. The summed E-state index contributed by atoms with van der Waals surface area (Å²) >= 11 is 0. The molecule has 1 aromatic carbocycles. The third-order valence-electron chi connectivity index (χ3n) is 3.64. The molecule has 0 N–H and O–H groups in total. The minimum atomic E-state index is 0.390. The van der Waals surface area contributed by atoms with Crippen LogP contribution in [0.25, 0.3) is 5.69 Å². The second-order valence-electron chi connectivity index (χ2n) is 5.06. The van der Waals surface area contributed by atoms with Gasteiger partial charge in [0.2, 0.25) is 0 Å². The van der Waals surface area contributed by atoms with Crippen molar-refractivity contribution < 1.29 is 0 Å². The number of aryl methyl sites for hydroxylation is 1. The van der Waals surface area contributed by atoms with Crippen LogP contribution in [0.3, 0.4) is 0 Å². The molecule has 0 amide bonds. The monoisotopic (exact) mass is 251 g/mol. The maximum Gasteiger partial charge on any atom is 0.0793 e. The van der Waals surface area contributed by atoms with Gasteiger partial charge in [-0.15, -0.1) is 0 Å². The highest BCUT2D eigenvalue weighted by atomic mass is 15.3. The van der Waals surface area contributed by atoms with E-state index in [0.717, 1.165) is 17.8 Å². The predicted octanol–water partition coefficient (Wildman–Crippen LogP) is 3.38. The Morgan fingerprint density at radius 3 is 2.84 bits per heavy atom. The van der Waals surface area contributed by atoms with E-state index in [0.29, 0.717) is 12.3 Å². The Kier molecular flexibility index (Phi) is 3.08. The Bertz CT molecular complexity index is 630. The minimum absolute atomic E-state index is 0.390. The second kappa shape index (κ2) is 4.89. The molecule has 0 saturated heterocycles. The van der Waals surface area contributed by atoms with Gasteiger partial charge >= 0.3 is 0 Å². The lowest BCUT2D eigenvalue weighted by Gasteiger charge is -2.10. The summed E-state index contributed by atoms with van der Waals surface area (Å²) in [6, 6.07) is 12.7. The van der Waals surface area contributed by atoms with Crippen LogP contribution < -0.4 is 0 Å². The summed E-state index contributed by atoms with van der Waals surface area (Å²) in [5.41, 5.74) is 4.62. The number of nitrogens with zero attached hydrogens (tertiary/aromatic N) is 3. The number of rotatable bonds is 4. The van der Waals surface area contributed by atoms with Gasteiger partial charge in [-0.25, -0.2) is 4.68 Å². The highest BCUT2D eigenvalue weighted by Gasteiger charge is 2.28. The summed E-state index contributed by atoms with van der Waals surface area (Å²) in [6.07, 6.45) is 3.87. The molecule has 0 bridgehead atoms. The van der Waals surface area contributed by atoms with Crippen LogP contribution in [-0.4, -0.2) is 9.78 Å². The summed E-state index contributed by atoms with van der Waals surface area (Å²) in [5, 5.41) is 13.5. The number of para-hydroxylation sites is 1. The second-order valence-corrected chi connectivity index (χ2v) is 5.06. The van der Waals surface area contributed by atoms with Crippen molar-refractivity contribution in [3.8, 4) is 11.8 Å². The van der Waals surface area contributed by atoms with Gasteiger partial charge in [-0.3, -0.25) is 0 Å². The third-order valence-corrected chi connectivity index (χ3v) is 3.64. The van der Waals surface area contributed by atoms with E-state index < -0.39 is 0 Å². The van der Waals surface area contributed by atoms with Crippen LogP contribution in [0.15, 0.2) is 30.3 Å². The van der Waals surface area contributed by atoms with E-state index >= 15 is 0 Å². The molecule has 96 valence electrons. The van der Waals surface area contributed by atoms with Crippen LogP contribution in [0, 0.1) is 11.3 Å². The quantitative estimate of drug-likeness (QED) is 0.836. The highest BCUT2D eigenvalue weighted by Crippen LogP contribution is 2.41. The largest absolute Gasteiger partial charge is 0.237 e. The molecule has 19 heavy (non-hydrogen) atoms. The van der Waals surface area contributed by atoms with Crippen molar-refractivity contribution in [1.29, 1.82) is 5.26 Å². The first-order chi connectivity index (χ1) is 9.33. The van der Waals surface area contributed by atoms with Crippen molar-refractivity contribution in [3.05, 3.63) is 47.3 Å². The van der Waals surface area contributed by atoms with Crippen LogP contribution in [-0.2, 0) is 12.8 Å². The van der Waals surface area contributed by atoms with Gasteiger partial charge in [-0.05, 0) is 37.0 Å². The zero-order valence-electron chi connectivity index (χ0n) is 11.1. The molecule has 3 nitrogen and oxygen atoms in total. The minimum Gasteiger partial charge on any atom is -0.237 e. The van der Waals surface area contributed by atoms with Gasteiger partial charge in [0.25, 0.3) is 0 Å². The van der Waals surface area contributed by atoms with Crippen LogP contribution in [0.2, 0.25) is 0 Å². The van der Waals surface area contributed by atoms with Gasteiger partial charge in [0.15, 0.2) is 0 Å². The molecular formula is C16H17N3. The van der Waals surface area contributed by atoms with Crippen LogP contribution in [0.5, 0.6) is 0 Å². The average Bonchev–Trinajstić information content (AvgIpc) is 3.20. The van der Waals surface area contributed by atoms with Crippen LogP contribution in [0.4, 0.5) is 0 Å². The maximum atomic E-state index is 8.85. The van der Waals surface area contributed by atoms with Crippen LogP contribution >= 0.6 is 0 Å². The topological polar surface area (TPSA) is 41.6 Å². The van der Waals surface area contributed by atoms with Gasteiger partial charge in [-0.2, -0.15) is 10.4 Å². The Hall–Kier alpha value is -2.08. The SMILES string of the molecule is CCc1ccccc1-n1nc(CC#N)cc1C1CC1. The Labute approximate surface area is 113 Å². The molecule has 1 heterocycles. The third kappa shape index (κ3) is 2.26. The fourth-order valence-electron chi connectivity index (χ4n) is 2.49. The van der Waals surface area contributed by atoms with Crippen molar-refractivity contribution >= 4 is 0 Å². The van der Waals surface area contributed by atoms with E-state index in [2.05, 4.69) is 53.1 Å². The zero-order chi connectivity index (χ0) is 13.2. The molecule has 0 spiro atoms. The van der Waals surface area contributed by atoms with E-state index in [9.17, 15) is 0 Å². The molecule has 2 aromatic rings. The molecule has 0 radical (unpaired) electrons. The molecule has 1 aromatic heterocycles. The van der Waals surface area contributed by atoms with E-state index in [-0.39, 0.29) is 0 Å². The Morgan fingerprint density at radius 2 is 2.16 bits per heavy atom. The lowest BCUT2D eigenvalue weighted by Crippen LogP contribution is -2.04. The molecule has 1 saturated carbocycles. The Morgan fingerprint density at radius 1 is 1.37 bits per heavy atom. The smallest absolute Gasteiger partial charge is 0.0793 e. The number of nitriles is 1. The van der Waals surface area contributed by atoms with Crippen molar-refractivity contribution in [2.75, 3.05) is 0 Å². The fourth-order valence-corrected chi connectivity index (χ4v) is 2.49. The van der Waals surface area contributed by atoms with E-state index in [1.165, 1.54) is 24.1 Å². The summed E-state index contributed by atoms with van der Waals surface area (Å²) in [5.74, 6) is 0.629. The molecular weight excluding hydrogens is 234 g/mol. The molecule has 1 fully saturated rings. The molecule has 3 heteroatoms. The van der Waals surface area contributed by atoms with Gasteiger partial charge in [0, 0.05) is 11.6 Å². The Balaban J connectivity index is 2.10. The maximum absolute atomic E-state index is 8.85. The number of aromatic nitrogens is 2. The van der Waals surface area contributed by atoms with E-state index in [4.69, 9.17) is 5.26 Å². The van der Waals surface area contributed by atoms with Gasteiger partial charge in [-0.1, -0.05) is 25.1 Å². The number of benzene rings is 1. The lowest BCUT2D eigenvalue weighted by molar-refractivity contribution is 0.785.